The number of oxazole rings is 1. The second kappa shape index (κ2) is 9.10. The first-order valence-electron chi connectivity index (χ1n) is 11.1. The van der Waals surface area contributed by atoms with Crippen molar-refractivity contribution in [1.82, 2.24) is 29.8 Å². The first-order valence-corrected chi connectivity index (χ1v) is 11.1. The molecule has 0 radical (unpaired) electrons. The number of fused-ring (bicyclic) bond motifs is 2. The van der Waals surface area contributed by atoms with E-state index in [9.17, 15) is 18.8 Å². The summed E-state index contributed by atoms with van der Waals surface area (Å²) in [4.78, 5) is 42.0. The van der Waals surface area contributed by atoms with Crippen molar-refractivity contribution in [2.75, 3.05) is 0 Å². The van der Waals surface area contributed by atoms with Crippen LogP contribution < -0.4 is 16.4 Å². The van der Waals surface area contributed by atoms with Gasteiger partial charge in [-0.25, -0.2) is 18.7 Å². The fraction of sp³-hybridized carbons (Fsp3) is 0.160. The van der Waals surface area contributed by atoms with E-state index in [0.717, 1.165) is 11.1 Å². The highest BCUT2D eigenvalue weighted by Crippen LogP contribution is 2.16. The van der Waals surface area contributed by atoms with E-state index in [-0.39, 0.29) is 23.7 Å². The Balaban J connectivity index is 1.36. The summed E-state index contributed by atoms with van der Waals surface area (Å²) in [6.07, 6.45) is 1.48. The molecular formula is C25H21FN6O4. The predicted molar refractivity (Wildman–Crippen MR) is 128 cm³/mol. The molecule has 5 aromatic rings. The monoisotopic (exact) mass is 488 g/mol. The Bertz CT molecular complexity index is 1670. The van der Waals surface area contributed by atoms with Crippen LogP contribution in [0.1, 0.15) is 45.1 Å². The number of aryl methyl sites for hydroxylation is 1. The van der Waals surface area contributed by atoms with Gasteiger partial charge >= 0.3 is 5.76 Å². The molecule has 36 heavy (non-hydrogen) atoms. The van der Waals surface area contributed by atoms with Gasteiger partial charge in [-0.15, -0.1) is 0 Å². The van der Waals surface area contributed by atoms with Crippen LogP contribution in [0.2, 0.25) is 0 Å². The van der Waals surface area contributed by atoms with Crippen molar-refractivity contribution in [3.8, 4) is 0 Å². The van der Waals surface area contributed by atoms with Crippen molar-refractivity contribution in [2.45, 2.75) is 19.5 Å². The van der Waals surface area contributed by atoms with Gasteiger partial charge in [0.25, 0.3) is 11.8 Å². The first-order chi connectivity index (χ1) is 17.3. The van der Waals surface area contributed by atoms with Gasteiger partial charge in [0.15, 0.2) is 11.2 Å². The third-order valence-corrected chi connectivity index (χ3v) is 5.85. The largest absolute Gasteiger partial charge is 0.419 e. The van der Waals surface area contributed by atoms with Gasteiger partial charge in [-0.2, -0.15) is 5.10 Å². The van der Waals surface area contributed by atoms with Gasteiger partial charge in [0.05, 0.1) is 17.8 Å². The minimum atomic E-state index is -0.486. The van der Waals surface area contributed by atoms with Crippen molar-refractivity contribution in [3.63, 3.8) is 0 Å². The van der Waals surface area contributed by atoms with Crippen molar-refractivity contribution >= 4 is 28.6 Å². The summed E-state index contributed by atoms with van der Waals surface area (Å²) in [6, 6.07) is 13.5. The predicted octanol–water partition coefficient (Wildman–Crippen LogP) is 2.73. The maximum absolute atomic E-state index is 13.2. The molecule has 0 aliphatic rings. The molecule has 0 saturated heterocycles. The summed E-state index contributed by atoms with van der Waals surface area (Å²) in [5.74, 6) is -1.79. The topological polar surface area (TPSA) is 124 Å². The molecule has 2 aromatic carbocycles. The number of amides is 2. The molecule has 182 valence electrons. The molecule has 0 aliphatic heterocycles. The van der Waals surface area contributed by atoms with Crippen LogP contribution in [-0.2, 0) is 13.6 Å². The van der Waals surface area contributed by atoms with Crippen LogP contribution >= 0.6 is 0 Å². The number of aromatic nitrogens is 4. The van der Waals surface area contributed by atoms with Crippen LogP contribution in [0.25, 0.3) is 16.7 Å². The maximum Gasteiger partial charge on any atom is 0.419 e. The van der Waals surface area contributed by atoms with Gasteiger partial charge in [0, 0.05) is 25.7 Å². The van der Waals surface area contributed by atoms with Crippen molar-refractivity contribution < 1.29 is 18.4 Å². The quantitative estimate of drug-likeness (QED) is 0.379. The molecule has 0 spiro atoms. The van der Waals surface area contributed by atoms with Crippen LogP contribution in [0.5, 0.6) is 0 Å². The zero-order valence-corrected chi connectivity index (χ0v) is 19.4. The van der Waals surface area contributed by atoms with Crippen LogP contribution in [0, 0.1) is 5.82 Å². The van der Waals surface area contributed by atoms with Crippen LogP contribution in [-0.4, -0.2) is 31.0 Å². The Hall–Kier alpha value is -4.80. The smallest absolute Gasteiger partial charge is 0.408 e. The number of hydrogen-bond donors (Lipinski definition) is 2. The molecule has 10 nitrogen and oxygen atoms in total. The zero-order chi connectivity index (χ0) is 25.4. The average molecular weight is 488 g/mol. The van der Waals surface area contributed by atoms with E-state index in [0.29, 0.717) is 16.7 Å². The molecule has 0 fully saturated rings. The molecule has 3 heterocycles. The number of carbonyl (C=O) groups is 2. The lowest BCUT2D eigenvalue weighted by atomic mass is 10.1. The summed E-state index contributed by atoms with van der Waals surface area (Å²) in [5.41, 5.74) is 3.04. The Kier molecular flexibility index (Phi) is 5.80. The van der Waals surface area contributed by atoms with Crippen LogP contribution in [0.4, 0.5) is 4.39 Å². The fourth-order valence-electron chi connectivity index (χ4n) is 3.85. The molecule has 5 rings (SSSR count). The number of nitrogens with zero attached hydrogens (tertiary/aromatic N) is 4. The van der Waals surface area contributed by atoms with Gasteiger partial charge in [-0.1, -0.05) is 18.2 Å². The number of rotatable bonds is 6. The van der Waals surface area contributed by atoms with Gasteiger partial charge in [-0.05, 0) is 42.3 Å². The summed E-state index contributed by atoms with van der Waals surface area (Å²) in [6.45, 7) is 1.94. The van der Waals surface area contributed by atoms with Crippen LogP contribution in [0.15, 0.2) is 70.0 Å². The summed E-state index contributed by atoms with van der Waals surface area (Å²) < 4.78 is 21.1. The second-order valence-electron chi connectivity index (χ2n) is 8.29. The summed E-state index contributed by atoms with van der Waals surface area (Å²) in [7, 11) is 1.60. The molecule has 0 aliphatic carbocycles. The Labute approximate surface area is 203 Å². The minimum Gasteiger partial charge on any atom is -0.408 e. The molecule has 2 amide bonds. The number of benzene rings is 2. The van der Waals surface area contributed by atoms with Gasteiger partial charge in [0.1, 0.15) is 17.2 Å². The van der Waals surface area contributed by atoms with Crippen molar-refractivity contribution in [1.29, 1.82) is 0 Å². The van der Waals surface area contributed by atoms with Crippen molar-refractivity contribution in [3.05, 3.63) is 99.7 Å². The Morgan fingerprint density at radius 2 is 1.86 bits per heavy atom. The van der Waals surface area contributed by atoms with Gasteiger partial charge < -0.3 is 15.1 Å². The highest BCUT2D eigenvalue weighted by Gasteiger charge is 2.19. The highest BCUT2D eigenvalue weighted by atomic mass is 19.1. The lowest BCUT2D eigenvalue weighted by Crippen LogP contribution is -2.30. The normalized spacial score (nSPS) is 12.1. The lowest BCUT2D eigenvalue weighted by Gasteiger charge is -2.15. The van der Waals surface area contributed by atoms with Crippen LogP contribution in [0.3, 0.4) is 0 Å². The summed E-state index contributed by atoms with van der Waals surface area (Å²) in [5, 5.41) is 9.77. The van der Waals surface area contributed by atoms with E-state index < -0.39 is 23.6 Å². The molecule has 1 atom stereocenters. The second-order valence-corrected chi connectivity index (χ2v) is 8.29. The third-order valence-electron chi connectivity index (χ3n) is 5.85. The summed E-state index contributed by atoms with van der Waals surface area (Å²) >= 11 is 0. The van der Waals surface area contributed by atoms with Gasteiger partial charge in [0.2, 0.25) is 0 Å². The van der Waals surface area contributed by atoms with Gasteiger partial charge in [-0.3, -0.25) is 14.2 Å². The van der Waals surface area contributed by atoms with E-state index in [1.165, 1.54) is 33.5 Å². The zero-order valence-electron chi connectivity index (χ0n) is 19.4. The number of halogens is 1. The highest BCUT2D eigenvalue weighted by molar-refractivity contribution is 5.98. The molecule has 11 heteroatoms. The Morgan fingerprint density at radius 3 is 2.64 bits per heavy atom. The fourth-order valence-corrected chi connectivity index (χ4v) is 3.85. The standard InChI is InChI=1S/C25H21FN6O4/c1-14(16-4-6-17(26)7-5-16)29-24(34)20-12-18(30-22-9-10-28-32(20)22)23(33)27-13-15-3-8-21-19(11-15)31(2)25(35)36-21/h3-12,14H,13H2,1-2H3,(H,27,33)(H,29,34). The molecule has 3 aromatic heterocycles. The molecule has 2 N–H and O–H groups in total. The number of nitrogens with one attached hydrogen (secondary N) is 2. The SMILES string of the molecule is CC(NC(=O)c1cc(C(=O)NCc2ccc3oc(=O)n(C)c3c2)nc2ccnn12)c1ccc(F)cc1. The number of carbonyl (C=O) groups excluding carboxylic acids is 2. The van der Waals surface area contributed by atoms with E-state index in [1.54, 1.807) is 50.4 Å². The maximum atomic E-state index is 13.2. The Morgan fingerprint density at radius 1 is 1.08 bits per heavy atom. The lowest BCUT2D eigenvalue weighted by molar-refractivity contribution is 0.0932. The molecular weight excluding hydrogens is 467 g/mol. The average Bonchev–Trinajstić information content (AvgIpc) is 3.46. The molecule has 0 bridgehead atoms. The molecule has 0 saturated carbocycles. The molecule has 1 unspecified atom stereocenters. The minimum absolute atomic E-state index is 0.0411. The van der Waals surface area contributed by atoms with E-state index in [1.807, 2.05) is 0 Å². The van der Waals surface area contributed by atoms with E-state index in [2.05, 4.69) is 20.7 Å². The third kappa shape index (κ3) is 4.33. The van der Waals surface area contributed by atoms with Crippen molar-refractivity contribution in [2.24, 2.45) is 7.05 Å². The van der Waals surface area contributed by atoms with E-state index in [4.69, 9.17) is 4.42 Å². The number of hydrogen-bond acceptors (Lipinski definition) is 6. The van der Waals surface area contributed by atoms with E-state index >= 15 is 0 Å². The first kappa shape index (κ1) is 23.0.